The van der Waals surface area contributed by atoms with Crippen LogP contribution in [-0.2, 0) is 4.79 Å². The van der Waals surface area contributed by atoms with Crippen LogP contribution in [0.25, 0.3) is 21.4 Å². The zero-order valence-electron chi connectivity index (χ0n) is 15.2. The van der Waals surface area contributed by atoms with Gasteiger partial charge in [0.15, 0.2) is 6.10 Å². The lowest BCUT2D eigenvalue weighted by molar-refractivity contribution is -0.127. The molecule has 1 unspecified atom stereocenters. The lowest BCUT2D eigenvalue weighted by Gasteiger charge is -2.16. The zero-order chi connectivity index (χ0) is 18.8. The van der Waals surface area contributed by atoms with Crippen molar-refractivity contribution in [2.24, 2.45) is 0 Å². The largest absolute Gasteiger partial charge is 0.481 e. The minimum absolute atomic E-state index is 0.0415. The van der Waals surface area contributed by atoms with Crippen LogP contribution < -0.4 is 15.7 Å². The molecule has 1 atom stereocenters. The van der Waals surface area contributed by atoms with Crippen molar-refractivity contribution >= 4 is 28.2 Å². The van der Waals surface area contributed by atoms with Crippen molar-refractivity contribution in [1.29, 1.82) is 0 Å². The molecule has 3 aromatic rings. The summed E-state index contributed by atoms with van der Waals surface area (Å²) in [6.07, 6.45) is -0.649. The average Bonchev–Trinajstić information content (AvgIpc) is 2.99. The van der Waals surface area contributed by atoms with Crippen molar-refractivity contribution in [3.63, 3.8) is 0 Å². The van der Waals surface area contributed by atoms with Gasteiger partial charge in [-0.2, -0.15) is 0 Å². The second-order valence-corrected chi connectivity index (χ2v) is 7.41. The summed E-state index contributed by atoms with van der Waals surface area (Å²) in [5, 5.41) is 5.64. The highest BCUT2D eigenvalue weighted by molar-refractivity contribution is 7.13. The smallest absolute Gasteiger partial charge is 0.336 e. The minimum Gasteiger partial charge on any atom is -0.481 e. The molecule has 0 bridgehead atoms. The van der Waals surface area contributed by atoms with Crippen LogP contribution in [0.3, 0.4) is 0 Å². The molecule has 2 heterocycles. The normalized spacial score (nSPS) is 12.3. The molecule has 6 heteroatoms. The van der Waals surface area contributed by atoms with E-state index < -0.39 is 11.7 Å². The third-order valence-electron chi connectivity index (χ3n) is 3.94. The third kappa shape index (κ3) is 3.80. The Bertz CT molecular complexity index is 1000. The monoisotopic (exact) mass is 371 g/mol. The fraction of sp³-hybridized carbons (Fsp3) is 0.300. The summed E-state index contributed by atoms with van der Waals surface area (Å²) in [7, 11) is 0. The van der Waals surface area contributed by atoms with E-state index in [1.54, 1.807) is 30.4 Å². The first kappa shape index (κ1) is 18.2. The van der Waals surface area contributed by atoms with Crippen molar-refractivity contribution in [3.8, 4) is 16.2 Å². The van der Waals surface area contributed by atoms with E-state index in [1.807, 2.05) is 38.3 Å². The summed E-state index contributed by atoms with van der Waals surface area (Å²) < 4.78 is 11.1. The fourth-order valence-corrected chi connectivity index (χ4v) is 3.67. The number of hydrogen-bond acceptors (Lipinski definition) is 5. The lowest BCUT2D eigenvalue weighted by atomic mass is 10.1. The Morgan fingerprint density at radius 2 is 1.96 bits per heavy atom. The maximum absolute atomic E-state index is 12.0. The molecule has 2 aromatic heterocycles. The fourth-order valence-electron chi connectivity index (χ4n) is 2.71. The first-order valence-corrected chi connectivity index (χ1v) is 9.32. The molecule has 0 fully saturated rings. The molecule has 0 saturated carbocycles. The topological polar surface area (TPSA) is 68.5 Å². The van der Waals surface area contributed by atoms with Crippen LogP contribution in [0, 0.1) is 6.92 Å². The van der Waals surface area contributed by atoms with Crippen LogP contribution in [0.4, 0.5) is 0 Å². The van der Waals surface area contributed by atoms with Crippen LogP contribution >= 0.6 is 11.3 Å². The first-order valence-electron chi connectivity index (χ1n) is 8.44. The van der Waals surface area contributed by atoms with Gasteiger partial charge in [0.25, 0.3) is 5.91 Å². The molecule has 0 saturated heterocycles. The number of benzene rings is 1. The van der Waals surface area contributed by atoms with E-state index in [-0.39, 0.29) is 11.9 Å². The van der Waals surface area contributed by atoms with Gasteiger partial charge < -0.3 is 14.5 Å². The molecule has 136 valence electrons. The average molecular weight is 371 g/mol. The number of amides is 1. The van der Waals surface area contributed by atoms with Crippen LogP contribution in [-0.4, -0.2) is 18.1 Å². The van der Waals surface area contributed by atoms with Gasteiger partial charge in [0, 0.05) is 34.0 Å². The summed E-state index contributed by atoms with van der Waals surface area (Å²) in [6, 6.07) is 8.87. The highest BCUT2D eigenvalue weighted by atomic mass is 32.1. The van der Waals surface area contributed by atoms with Gasteiger partial charge in [-0.15, -0.1) is 11.3 Å². The van der Waals surface area contributed by atoms with E-state index in [2.05, 4.69) is 5.32 Å². The van der Waals surface area contributed by atoms with E-state index in [1.165, 1.54) is 6.07 Å². The van der Waals surface area contributed by atoms with Crippen LogP contribution in [0.15, 0.2) is 44.9 Å². The highest BCUT2D eigenvalue weighted by Crippen LogP contribution is 2.34. The Labute approximate surface area is 155 Å². The van der Waals surface area contributed by atoms with Crippen molar-refractivity contribution in [3.05, 3.63) is 51.7 Å². The van der Waals surface area contributed by atoms with E-state index in [4.69, 9.17) is 9.15 Å². The van der Waals surface area contributed by atoms with Crippen molar-refractivity contribution in [2.45, 2.75) is 39.8 Å². The molecule has 0 spiro atoms. The molecule has 5 nitrogen and oxygen atoms in total. The maximum Gasteiger partial charge on any atom is 0.336 e. The minimum atomic E-state index is -0.649. The van der Waals surface area contributed by atoms with E-state index in [0.717, 1.165) is 21.4 Å². The van der Waals surface area contributed by atoms with Crippen molar-refractivity contribution < 1.29 is 13.9 Å². The second-order valence-electron chi connectivity index (χ2n) is 6.49. The van der Waals surface area contributed by atoms with Gasteiger partial charge in [-0.1, -0.05) is 0 Å². The summed E-state index contributed by atoms with van der Waals surface area (Å²) in [5.74, 6) is 0.289. The number of carbonyl (C=O) groups excluding carboxylic acids is 1. The van der Waals surface area contributed by atoms with Crippen LogP contribution in [0.1, 0.15) is 26.3 Å². The number of fused-ring (bicyclic) bond motifs is 1. The first-order chi connectivity index (χ1) is 12.3. The van der Waals surface area contributed by atoms with Gasteiger partial charge in [0.1, 0.15) is 11.3 Å². The van der Waals surface area contributed by atoms with E-state index in [9.17, 15) is 9.59 Å². The summed E-state index contributed by atoms with van der Waals surface area (Å²) in [5.41, 5.74) is 1.99. The van der Waals surface area contributed by atoms with Gasteiger partial charge in [0.05, 0.1) is 0 Å². The SMILES string of the molecule is Cc1ccsc1-c1cc(=O)oc2cc(OC(C)C(=O)NC(C)C)ccc12. The van der Waals surface area contributed by atoms with Gasteiger partial charge in [-0.3, -0.25) is 4.79 Å². The molecule has 0 radical (unpaired) electrons. The van der Waals surface area contributed by atoms with Crippen molar-refractivity contribution in [2.75, 3.05) is 0 Å². The molecule has 0 aliphatic heterocycles. The number of hydrogen-bond donors (Lipinski definition) is 1. The van der Waals surface area contributed by atoms with E-state index >= 15 is 0 Å². The van der Waals surface area contributed by atoms with E-state index in [0.29, 0.717) is 11.3 Å². The maximum atomic E-state index is 12.0. The number of ether oxygens (including phenoxy) is 1. The Morgan fingerprint density at radius 1 is 1.19 bits per heavy atom. The standard InChI is InChI=1S/C20H21NO4S/c1-11(2)21-20(23)13(4)24-14-5-6-15-16(19-12(3)7-8-26-19)10-18(22)25-17(15)9-14/h5-11,13H,1-4H3,(H,21,23). The zero-order valence-corrected chi connectivity index (χ0v) is 16.0. The molecular weight excluding hydrogens is 350 g/mol. The Morgan fingerprint density at radius 3 is 2.62 bits per heavy atom. The van der Waals surface area contributed by atoms with Gasteiger partial charge in [0.2, 0.25) is 0 Å². The third-order valence-corrected chi connectivity index (χ3v) is 4.99. The summed E-state index contributed by atoms with van der Waals surface area (Å²) in [4.78, 5) is 25.1. The number of nitrogens with one attached hydrogen (secondary N) is 1. The molecular formula is C20H21NO4S. The molecule has 1 N–H and O–H groups in total. The summed E-state index contributed by atoms with van der Waals surface area (Å²) in [6.45, 7) is 7.48. The Hall–Kier alpha value is -2.60. The molecule has 26 heavy (non-hydrogen) atoms. The Balaban J connectivity index is 1.96. The predicted molar refractivity (Wildman–Crippen MR) is 104 cm³/mol. The molecule has 0 aliphatic rings. The second kappa shape index (κ2) is 7.33. The van der Waals surface area contributed by atoms with Crippen molar-refractivity contribution in [1.82, 2.24) is 5.32 Å². The van der Waals surface area contributed by atoms with Gasteiger partial charge >= 0.3 is 5.63 Å². The molecule has 1 aromatic carbocycles. The quantitative estimate of drug-likeness (QED) is 0.685. The van der Waals surface area contributed by atoms with Gasteiger partial charge in [-0.05, 0) is 56.8 Å². The molecule has 0 aliphatic carbocycles. The number of carbonyl (C=O) groups is 1. The number of aryl methyl sites for hydroxylation is 1. The highest BCUT2D eigenvalue weighted by Gasteiger charge is 2.17. The molecule has 3 rings (SSSR count). The Kier molecular flexibility index (Phi) is 5.13. The predicted octanol–water partition coefficient (Wildman–Crippen LogP) is 4.12. The number of rotatable bonds is 5. The van der Waals surface area contributed by atoms with Crippen LogP contribution in [0.2, 0.25) is 0 Å². The summed E-state index contributed by atoms with van der Waals surface area (Å²) >= 11 is 1.59. The van der Waals surface area contributed by atoms with Crippen LogP contribution in [0.5, 0.6) is 5.75 Å². The lowest BCUT2D eigenvalue weighted by Crippen LogP contribution is -2.40. The molecule has 1 amide bonds. The van der Waals surface area contributed by atoms with Gasteiger partial charge in [-0.25, -0.2) is 4.79 Å². The number of thiophene rings is 1.